The number of amides is 2. The van der Waals surface area contributed by atoms with Crippen LogP contribution in [-0.2, 0) is 19.7 Å². The van der Waals surface area contributed by atoms with Crippen molar-refractivity contribution in [2.75, 3.05) is 42.0 Å². The van der Waals surface area contributed by atoms with Crippen LogP contribution in [0.4, 0.5) is 22.9 Å². The molecule has 12 heteroatoms. The monoisotopic (exact) mass is 503 g/mol. The number of hydrogen-bond acceptors (Lipinski definition) is 8. The van der Waals surface area contributed by atoms with Crippen LogP contribution in [0.25, 0.3) is 0 Å². The SMILES string of the molecule is CONC(=O)c1cnc(NC(=O)C2CC2)cc1Nc1ccc(OCC2CC2)cc1N(C)S(C)(=O)=O. The largest absolute Gasteiger partial charge is 0.493 e. The molecule has 3 N–H and O–H groups in total. The highest BCUT2D eigenvalue weighted by molar-refractivity contribution is 7.92. The van der Waals surface area contributed by atoms with Gasteiger partial charge in [0.1, 0.15) is 11.6 Å². The van der Waals surface area contributed by atoms with E-state index in [-0.39, 0.29) is 23.2 Å². The summed E-state index contributed by atoms with van der Waals surface area (Å²) in [5.41, 5.74) is 3.43. The Bertz CT molecular complexity index is 1230. The van der Waals surface area contributed by atoms with Gasteiger partial charge in [-0.05, 0) is 43.7 Å². The molecule has 188 valence electrons. The second-order valence-corrected chi connectivity index (χ2v) is 10.8. The molecule has 0 bridgehead atoms. The minimum Gasteiger partial charge on any atom is -0.493 e. The van der Waals surface area contributed by atoms with Gasteiger partial charge in [-0.3, -0.25) is 18.7 Å². The molecule has 2 saturated carbocycles. The molecule has 2 fully saturated rings. The number of nitrogens with zero attached hydrogens (tertiary/aromatic N) is 2. The van der Waals surface area contributed by atoms with E-state index in [1.807, 2.05) is 0 Å². The highest BCUT2D eigenvalue weighted by Gasteiger charge is 2.30. The van der Waals surface area contributed by atoms with E-state index < -0.39 is 15.9 Å². The summed E-state index contributed by atoms with van der Waals surface area (Å²) in [5, 5.41) is 5.88. The standard InChI is InChI=1S/C23H29N5O6S/c1-28(35(3,31)32)20-10-16(34-13-14-4-5-14)8-9-18(20)25-19-11-21(26-22(29)15-6-7-15)24-12-17(19)23(30)27-33-2/h8-12,14-15H,4-7,13H2,1-3H3,(H,27,30)(H2,24,25,26,29). The van der Waals surface area contributed by atoms with E-state index in [0.717, 1.165) is 36.2 Å². The van der Waals surface area contributed by atoms with Crippen LogP contribution in [0.2, 0.25) is 0 Å². The molecule has 0 spiro atoms. The maximum absolute atomic E-state index is 12.6. The van der Waals surface area contributed by atoms with Crippen LogP contribution in [0.3, 0.4) is 0 Å². The fourth-order valence-corrected chi connectivity index (χ4v) is 3.83. The minimum atomic E-state index is -3.60. The first-order chi connectivity index (χ1) is 16.7. The van der Waals surface area contributed by atoms with Crippen molar-refractivity contribution in [1.29, 1.82) is 0 Å². The lowest BCUT2D eigenvalue weighted by Crippen LogP contribution is -2.26. The van der Waals surface area contributed by atoms with E-state index in [1.54, 1.807) is 18.2 Å². The predicted octanol–water partition coefficient (Wildman–Crippen LogP) is 2.65. The van der Waals surface area contributed by atoms with Crippen molar-refractivity contribution in [3.8, 4) is 5.75 Å². The Kier molecular flexibility index (Phi) is 7.13. The summed E-state index contributed by atoms with van der Waals surface area (Å²) in [6, 6.07) is 6.57. The Hall–Kier alpha value is -3.38. The molecule has 0 radical (unpaired) electrons. The van der Waals surface area contributed by atoms with Crippen LogP contribution in [-0.4, -0.2) is 52.2 Å². The van der Waals surface area contributed by atoms with Gasteiger partial charge in [0, 0.05) is 31.3 Å². The third-order valence-electron chi connectivity index (χ3n) is 5.80. The van der Waals surface area contributed by atoms with Crippen LogP contribution in [0.1, 0.15) is 36.0 Å². The first-order valence-electron chi connectivity index (χ1n) is 11.3. The van der Waals surface area contributed by atoms with Gasteiger partial charge in [-0.25, -0.2) is 18.9 Å². The number of hydroxylamine groups is 1. The average molecular weight is 504 g/mol. The van der Waals surface area contributed by atoms with Gasteiger partial charge in [-0.15, -0.1) is 0 Å². The summed E-state index contributed by atoms with van der Waals surface area (Å²) in [7, 11) is -0.854. The number of rotatable bonds is 11. The molecule has 11 nitrogen and oxygen atoms in total. The molecule has 0 saturated heterocycles. The molecule has 4 rings (SSSR count). The van der Waals surface area contributed by atoms with Crippen LogP contribution < -0.4 is 25.2 Å². The van der Waals surface area contributed by atoms with Gasteiger partial charge in [0.2, 0.25) is 15.9 Å². The number of carbonyl (C=O) groups is 2. The highest BCUT2D eigenvalue weighted by atomic mass is 32.2. The van der Waals surface area contributed by atoms with Gasteiger partial charge in [0.25, 0.3) is 5.91 Å². The summed E-state index contributed by atoms with van der Waals surface area (Å²) in [6.07, 6.45) is 6.34. The smallest absolute Gasteiger partial charge is 0.278 e. The van der Waals surface area contributed by atoms with E-state index in [1.165, 1.54) is 26.4 Å². The zero-order chi connectivity index (χ0) is 25.2. The predicted molar refractivity (Wildman–Crippen MR) is 131 cm³/mol. The number of ether oxygens (including phenoxy) is 1. The molecule has 2 aliphatic rings. The van der Waals surface area contributed by atoms with E-state index in [4.69, 9.17) is 9.57 Å². The summed E-state index contributed by atoms with van der Waals surface area (Å²) in [4.78, 5) is 33.7. The molecule has 0 atom stereocenters. The number of carbonyl (C=O) groups excluding carboxylic acids is 2. The highest BCUT2D eigenvalue weighted by Crippen LogP contribution is 2.36. The van der Waals surface area contributed by atoms with Gasteiger partial charge in [0.05, 0.1) is 42.6 Å². The molecule has 1 heterocycles. The van der Waals surface area contributed by atoms with Crippen molar-refractivity contribution in [3.05, 3.63) is 36.0 Å². The number of benzene rings is 1. The molecule has 1 aromatic heterocycles. The summed E-state index contributed by atoms with van der Waals surface area (Å²) in [6.45, 7) is 0.574. The van der Waals surface area contributed by atoms with Crippen LogP contribution >= 0.6 is 0 Å². The van der Waals surface area contributed by atoms with Gasteiger partial charge >= 0.3 is 0 Å². The van der Waals surface area contributed by atoms with E-state index in [2.05, 4.69) is 21.1 Å². The average Bonchev–Trinajstić information content (AvgIpc) is 3.71. The maximum Gasteiger partial charge on any atom is 0.278 e. The zero-order valence-electron chi connectivity index (χ0n) is 19.8. The summed E-state index contributed by atoms with van der Waals surface area (Å²) >= 11 is 0. The van der Waals surface area contributed by atoms with Crippen molar-refractivity contribution >= 4 is 44.7 Å². The van der Waals surface area contributed by atoms with Crippen molar-refractivity contribution in [2.45, 2.75) is 25.7 Å². The molecule has 0 unspecified atom stereocenters. The van der Waals surface area contributed by atoms with Crippen molar-refractivity contribution in [3.63, 3.8) is 0 Å². The first-order valence-corrected chi connectivity index (χ1v) is 13.1. The summed E-state index contributed by atoms with van der Waals surface area (Å²) < 4.78 is 31.7. The quantitative estimate of drug-likeness (QED) is 0.398. The van der Waals surface area contributed by atoms with Gasteiger partial charge < -0.3 is 15.4 Å². The van der Waals surface area contributed by atoms with Crippen molar-refractivity contribution in [1.82, 2.24) is 10.5 Å². The Morgan fingerprint density at radius 1 is 1.14 bits per heavy atom. The molecular formula is C23H29N5O6S. The van der Waals surface area contributed by atoms with Crippen LogP contribution in [0, 0.1) is 11.8 Å². The molecule has 2 aromatic rings. The lowest BCUT2D eigenvalue weighted by Gasteiger charge is -2.23. The van der Waals surface area contributed by atoms with E-state index >= 15 is 0 Å². The summed E-state index contributed by atoms with van der Waals surface area (Å²) in [5.74, 6) is 0.616. The Morgan fingerprint density at radius 2 is 1.89 bits per heavy atom. The first kappa shape index (κ1) is 24.7. The number of sulfonamides is 1. The fraction of sp³-hybridized carbons (Fsp3) is 0.435. The normalized spacial score (nSPS) is 15.3. The third-order valence-corrected chi connectivity index (χ3v) is 6.99. The van der Waals surface area contributed by atoms with Crippen molar-refractivity contribution < 1.29 is 27.6 Å². The molecule has 1 aromatic carbocycles. The van der Waals surface area contributed by atoms with Crippen LogP contribution in [0.15, 0.2) is 30.5 Å². The number of anilines is 4. The number of aromatic nitrogens is 1. The fourth-order valence-electron chi connectivity index (χ4n) is 3.32. The number of pyridine rings is 1. The second-order valence-electron chi connectivity index (χ2n) is 8.80. The van der Waals surface area contributed by atoms with Gasteiger partial charge in [-0.1, -0.05) is 0 Å². The lowest BCUT2D eigenvalue weighted by atomic mass is 10.2. The van der Waals surface area contributed by atoms with Gasteiger partial charge in [-0.2, -0.15) is 0 Å². The molecule has 2 amide bonds. The molecule has 2 aliphatic carbocycles. The lowest BCUT2D eigenvalue weighted by molar-refractivity contribution is -0.117. The topological polar surface area (TPSA) is 139 Å². The second kappa shape index (κ2) is 10.1. The maximum atomic E-state index is 12.6. The van der Waals surface area contributed by atoms with Crippen LogP contribution in [0.5, 0.6) is 5.75 Å². The number of nitrogens with one attached hydrogen (secondary N) is 3. The Balaban J connectivity index is 1.68. The molecule has 0 aliphatic heterocycles. The van der Waals surface area contributed by atoms with Crippen molar-refractivity contribution in [2.24, 2.45) is 11.8 Å². The third kappa shape index (κ3) is 6.40. The van der Waals surface area contributed by atoms with E-state index in [9.17, 15) is 18.0 Å². The Morgan fingerprint density at radius 3 is 2.51 bits per heavy atom. The Labute approximate surface area is 204 Å². The number of hydrogen-bond donors (Lipinski definition) is 3. The molecular weight excluding hydrogens is 474 g/mol. The van der Waals surface area contributed by atoms with Gasteiger partial charge in [0.15, 0.2) is 0 Å². The minimum absolute atomic E-state index is 0.0251. The van der Waals surface area contributed by atoms with E-state index in [0.29, 0.717) is 35.3 Å². The molecule has 35 heavy (non-hydrogen) atoms. The zero-order valence-corrected chi connectivity index (χ0v) is 20.6.